The lowest BCUT2D eigenvalue weighted by atomic mass is 10.1. The van der Waals surface area contributed by atoms with Crippen LogP contribution in [0.25, 0.3) is 10.2 Å². The molecule has 0 spiro atoms. The van der Waals surface area contributed by atoms with Crippen LogP contribution in [0.15, 0.2) is 34.4 Å². The lowest BCUT2D eigenvalue weighted by molar-refractivity contribution is -0.120. The Balaban J connectivity index is 1.56. The van der Waals surface area contributed by atoms with Crippen LogP contribution in [0.4, 0.5) is 0 Å². The molecule has 2 heterocycles. The second kappa shape index (κ2) is 8.01. The Morgan fingerprint density at radius 1 is 1.23 bits per heavy atom. The van der Waals surface area contributed by atoms with Crippen molar-refractivity contribution in [1.82, 2.24) is 15.3 Å². The van der Waals surface area contributed by atoms with E-state index >= 15 is 0 Å². The van der Waals surface area contributed by atoms with Gasteiger partial charge in [-0.2, -0.15) is 0 Å². The van der Waals surface area contributed by atoms with Gasteiger partial charge in [0.25, 0.3) is 5.56 Å². The zero-order valence-corrected chi connectivity index (χ0v) is 15.3. The summed E-state index contributed by atoms with van der Waals surface area (Å²) in [5.41, 5.74) is 1.43. The molecule has 0 fully saturated rings. The molecular weight excluding hydrogens is 354 g/mol. The van der Waals surface area contributed by atoms with Crippen LogP contribution in [0.1, 0.15) is 11.4 Å². The van der Waals surface area contributed by atoms with Gasteiger partial charge in [0.05, 0.1) is 26.2 Å². The first-order chi connectivity index (χ1) is 12.6. The number of nitrogens with zero attached hydrogens (tertiary/aromatic N) is 1. The molecule has 2 N–H and O–H groups in total. The molecule has 136 valence electrons. The number of thiophene rings is 1. The minimum absolute atomic E-state index is 0.0347. The van der Waals surface area contributed by atoms with Gasteiger partial charge in [0.1, 0.15) is 10.5 Å². The highest BCUT2D eigenvalue weighted by atomic mass is 32.1. The summed E-state index contributed by atoms with van der Waals surface area (Å²) in [4.78, 5) is 31.0. The molecule has 26 heavy (non-hydrogen) atoms. The van der Waals surface area contributed by atoms with Crippen LogP contribution >= 0.6 is 11.3 Å². The molecular formula is C18H19N3O4S. The SMILES string of the molecule is COc1ccc(CCNC(=O)Cc2nc3ccsc3c(=O)[nH]2)cc1OC. The Labute approximate surface area is 154 Å². The van der Waals surface area contributed by atoms with Crippen molar-refractivity contribution in [1.29, 1.82) is 0 Å². The van der Waals surface area contributed by atoms with E-state index in [0.717, 1.165) is 5.56 Å². The van der Waals surface area contributed by atoms with E-state index in [0.29, 0.717) is 40.5 Å². The summed E-state index contributed by atoms with van der Waals surface area (Å²) >= 11 is 1.33. The highest BCUT2D eigenvalue weighted by Gasteiger charge is 2.10. The van der Waals surface area contributed by atoms with Gasteiger partial charge in [-0.05, 0) is 35.6 Å². The molecule has 7 nitrogen and oxygen atoms in total. The van der Waals surface area contributed by atoms with Crippen LogP contribution in [-0.4, -0.2) is 36.6 Å². The van der Waals surface area contributed by atoms with Crippen LogP contribution in [0, 0.1) is 0 Å². The van der Waals surface area contributed by atoms with Crippen LogP contribution in [0.3, 0.4) is 0 Å². The van der Waals surface area contributed by atoms with Crippen molar-refractivity contribution in [2.75, 3.05) is 20.8 Å². The molecule has 0 aliphatic rings. The number of aromatic amines is 1. The van der Waals surface area contributed by atoms with Crippen molar-refractivity contribution >= 4 is 27.5 Å². The van der Waals surface area contributed by atoms with Crippen molar-refractivity contribution in [3.8, 4) is 11.5 Å². The number of carbonyl (C=O) groups is 1. The van der Waals surface area contributed by atoms with Crippen molar-refractivity contribution in [3.05, 3.63) is 51.4 Å². The lowest BCUT2D eigenvalue weighted by Gasteiger charge is -2.10. The molecule has 0 unspecified atom stereocenters. The zero-order valence-electron chi connectivity index (χ0n) is 14.5. The normalized spacial score (nSPS) is 10.7. The fourth-order valence-electron chi connectivity index (χ4n) is 2.60. The lowest BCUT2D eigenvalue weighted by Crippen LogP contribution is -2.28. The maximum absolute atomic E-state index is 12.1. The standard InChI is InChI=1S/C18H19N3O4S/c1-24-13-4-3-11(9-14(13)25-2)5-7-19-16(22)10-15-20-12-6-8-26-17(12)18(23)21-15/h3-4,6,8-9H,5,7,10H2,1-2H3,(H,19,22)(H,20,21,23). The summed E-state index contributed by atoms with van der Waals surface area (Å²) in [6, 6.07) is 7.42. The molecule has 2 aromatic heterocycles. The van der Waals surface area contributed by atoms with Crippen molar-refractivity contribution in [2.24, 2.45) is 0 Å². The van der Waals surface area contributed by atoms with Crippen molar-refractivity contribution < 1.29 is 14.3 Å². The Morgan fingerprint density at radius 2 is 2.04 bits per heavy atom. The number of rotatable bonds is 7. The molecule has 1 amide bonds. The molecule has 1 aromatic carbocycles. The van der Waals surface area contributed by atoms with Crippen LogP contribution in [0.2, 0.25) is 0 Å². The topological polar surface area (TPSA) is 93.3 Å². The van der Waals surface area contributed by atoms with Gasteiger partial charge in [0.2, 0.25) is 5.91 Å². The first-order valence-electron chi connectivity index (χ1n) is 8.04. The molecule has 0 aliphatic heterocycles. The molecule has 0 aliphatic carbocycles. The number of benzene rings is 1. The highest BCUT2D eigenvalue weighted by Crippen LogP contribution is 2.27. The van der Waals surface area contributed by atoms with E-state index in [1.165, 1.54) is 11.3 Å². The summed E-state index contributed by atoms with van der Waals surface area (Å²) < 4.78 is 11.0. The number of carbonyl (C=O) groups excluding carboxylic acids is 1. The number of ether oxygens (including phenoxy) is 2. The van der Waals surface area contributed by atoms with E-state index in [1.54, 1.807) is 25.7 Å². The maximum Gasteiger partial charge on any atom is 0.268 e. The van der Waals surface area contributed by atoms with E-state index in [2.05, 4.69) is 15.3 Å². The van der Waals surface area contributed by atoms with Gasteiger partial charge in [-0.25, -0.2) is 4.98 Å². The minimum atomic E-state index is -0.210. The summed E-state index contributed by atoms with van der Waals surface area (Å²) in [5.74, 6) is 1.49. The Morgan fingerprint density at radius 3 is 2.81 bits per heavy atom. The van der Waals surface area contributed by atoms with Crippen molar-refractivity contribution in [2.45, 2.75) is 12.8 Å². The van der Waals surface area contributed by atoms with E-state index in [4.69, 9.17) is 9.47 Å². The zero-order chi connectivity index (χ0) is 18.5. The fraction of sp³-hybridized carbons (Fsp3) is 0.278. The fourth-order valence-corrected chi connectivity index (χ4v) is 3.33. The van der Waals surface area contributed by atoms with Gasteiger partial charge in [0, 0.05) is 6.54 Å². The number of nitrogens with one attached hydrogen (secondary N) is 2. The molecule has 0 saturated carbocycles. The molecule has 8 heteroatoms. The summed E-state index contributed by atoms with van der Waals surface area (Å²) in [7, 11) is 3.17. The summed E-state index contributed by atoms with van der Waals surface area (Å²) in [5, 5.41) is 4.64. The largest absolute Gasteiger partial charge is 0.493 e. The van der Waals surface area contributed by atoms with Crippen molar-refractivity contribution in [3.63, 3.8) is 0 Å². The number of H-pyrrole nitrogens is 1. The molecule has 0 bridgehead atoms. The number of hydrogen-bond acceptors (Lipinski definition) is 6. The highest BCUT2D eigenvalue weighted by molar-refractivity contribution is 7.17. The van der Waals surface area contributed by atoms with Crippen LogP contribution in [-0.2, 0) is 17.6 Å². The van der Waals surface area contributed by atoms with Gasteiger partial charge < -0.3 is 19.8 Å². The van der Waals surface area contributed by atoms with Gasteiger partial charge in [-0.3, -0.25) is 9.59 Å². The third kappa shape index (κ3) is 4.02. The molecule has 3 rings (SSSR count). The smallest absolute Gasteiger partial charge is 0.268 e. The summed E-state index contributed by atoms with van der Waals surface area (Å²) in [6.07, 6.45) is 0.687. The van der Waals surface area contributed by atoms with Crippen LogP contribution in [0.5, 0.6) is 11.5 Å². The van der Waals surface area contributed by atoms with E-state index in [-0.39, 0.29) is 17.9 Å². The van der Waals surface area contributed by atoms with Gasteiger partial charge in [0.15, 0.2) is 11.5 Å². The third-order valence-corrected chi connectivity index (χ3v) is 4.78. The molecule has 0 atom stereocenters. The van der Waals surface area contributed by atoms with Gasteiger partial charge >= 0.3 is 0 Å². The van der Waals surface area contributed by atoms with E-state index in [1.807, 2.05) is 18.2 Å². The number of amides is 1. The van der Waals surface area contributed by atoms with Crippen LogP contribution < -0.4 is 20.3 Å². The Hall–Kier alpha value is -2.87. The second-order valence-electron chi connectivity index (χ2n) is 5.61. The predicted molar refractivity (Wildman–Crippen MR) is 100 cm³/mol. The maximum atomic E-state index is 12.1. The van der Waals surface area contributed by atoms with E-state index in [9.17, 15) is 9.59 Å². The first kappa shape index (κ1) is 17.9. The first-order valence-corrected chi connectivity index (χ1v) is 8.92. The Bertz CT molecular complexity index is 980. The average molecular weight is 373 g/mol. The third-order valence-electron chi connectivity index (χ3n) is 3.88. The summed E-state index contributed by atoms with van der Waals surface area (Å²) in [6.45, 7) is 0.471. The minimum Gasteiger partial charge on any atom is -0.493 e. The van der Waals surface area contributed by atoms with E-state index < -0.39 is 0 Å². The monoisotopic (exact) mass is 373 g/mol. The quantitative estimate of drug-likeness (QED) is 0.660. The molecule has 0 saturated heterocycles. The second-order valence-corrected chi connectivity index (χ2v) is 6.53. The number of aromatic nitrogens is 2. The number of methoxy groups -OCH3 is 2. The van der Waals surface area contributed by atoms with Gasteiger partial charge in [-0.1, -0.05) is 6.07 Å². The molecule has 0 radical (unpaired) electrons. The van der Waals surface area contributed by atoms with Gasteiger partial charge in [-0.15, -0.1) is 11.3 Å². The average Bonchev–Trinajstić information content (AvgIpc) is 3.10. The number of hydrogen-bond donors (Lipinski definition) is 2. The predicted octanol–water partition coefficient (Wildman–Crippen LogP) is 1.90. The number of fused-ring (bicyclic) bond motifs is 1. The molecule has 3 aromatic rings. The Kier molecular flexibility index (Phi) is 5.52.